The molecule has 3 rings (SSSR count). The first-order chi connectivity index (χ1) is 13.8. The predicted octanol–water partition coefficient (Wildman–Crippen LogP) is 4.31. The van der Waals surface area contributed by atoms with Gasteiger partial charge < -0.3 is 9.80 Å². The molecule has 0 N–H and O–H groups in total. The standard InChI is InChI=1S/C23H28N4OS/c1-17-6-9-21(14-18(17)2)27-13-12-24-23(27)29-16-22(28)26(5)15-19-7-10-20(11-8-19)25(3)4/h6-14H,15-16H2,1-5H3. The quantitative estimate of drug-likeness (QED) is 0.547. The molecule has 2 aromatic carbocycles. The van der Waals surface area contributed by atoms with Gasteiger partial charge in [-0.3, -0.25) is 9.36 Å². The number of hydrogen-bond acceptors (Lipinski definition) is 4. The number of imidazole rings is 1. The summed E-state index contributed by atoms with van der Waals surface area (Å²) in [7, 11) is 5.88. The predicted molar refractivity (Wildman–Crippen MR) is 121 cm³/mol. The lowest BCUT2D eigenvalue weighted by molar-refractivity contribution is -0.127. The Labute approximate surface area is 177 Å². The summed E-state index contributed by atoms with van der Waals surface area (Å²) in [5.74, 6) is 0.440. The monoisotopic (exact) mass is 408 g/mol. The van der Waals surface area contributed by atoms with Crippen molar-refractivity contribution >= 4 is 23.4 Å². The van der Waals surface area contributed by atoms with Gasteiger partial charge in [-0.25, -0.2) is 4.98 Å². The second-order valence-electron chi connectivity index (χ2n) is 7.45. The number of benzene rings is 2. The minimum absolute atomic E-state index is 0.0846. The molecule has 0 aliphatic heterocycles. The smallest absolute Gasteiger partial charge is 0.233 e. The van der Waals surface area contributed by atoms with Crippen LogP contribution in [-0.2, 0) is 11.3 Å². The third-order valence-corrected chi connectivity index (χ3v) is 5.95. The molecular formula is C23H28N4OS. The molecule has 1 heterocycles. The average molecular weight is 409 g/mol. The van der Waals surface area contributed by atoms with Crippen molar-refractivity contribution in [1.82, 2.24) is 14.5 Å². The zero-order chi connectivity index (χ0) is 21.0. The van der Waals surface area contributed by atoms with Crippen molar-refractivity contribution in [2.24, 2.45) is 0 Å². The van der Waals surface area contributed by atoms with Crippen LogP contribution in [-0.4, -0.2) is 47.3 Å². The van der Waals surface area contributed by atoms with Crippen LogP contribution in [0.1, 0.15) is 16.7 Å². The van der Waals surface area contributed by atoms with Gasteiger partial charge in [0.15, 0.2) is 5.16 Å². The average Bonchev–Trinajstić information content (AvgIpc) is 3.17. The van der Waals surface area contributed by atoms with Gasteiger partial charge in [-0.1, -0.05) is 30.0 Å². The highest BCUT2D eigenvalue weighted by Crippen LogP contribution is 2.22. The van der Waals surface area contributed by atoms with Crippen molar-refractivity contribution in [1.29, 1.82) is 0 Å². The van der Waals surface area contributed by atoms with Crippen molar-refractivity contribution < 1.29 is 4.79 Å². The molecule has 0 fully saturated rings. The summed E-state index contributed by atoms with van der Waals surface area (Å²) in [6, 6.07) is 14.6. The minimum atomic E-state index is 0.0846. The normalized spacial score (nSPS) is 10.8. The van der Waals surface area contributed by atoms with E-state index in [-0.39, 0.29) is 5.91 Å². The number of anilines is 1. The van der Waals surface area contributed by atoms with Crippen molar-refractivity contribution in [3.05, 3.63) is 71.5 Å². The van der Waals surface area contributed by atoms with Crippen LogP contribution < -0.4 is 4.90 Å². The highest BCUT2D eigenvalue weighted by Gasteiger charge is 2.13. The summed E-state index contributed by atoms with van der Waals surface area (Å²) < 4.78 is 2.03. The van der Waals surface area contributed by atoms with Crippen LogP contribution in [0.15, 0.2) is 60.0 Å². The zero-order valence-corrected chi connectivity index (χ0v) is 18.5. The number of carbonyl (C=O) groups excluding carboxylic acids is 1. The number of thioether (sulfide) groups is 1. The lowest BCUT2D eigenvalue weighted by atomic mass is 10.1. The van der Waals surface area contributed by atoms with E-state index in [9.17, 15) is 4.79 Å². The Hall–Kier alpha value is -2.73. The second-order valence-corrected chi connectivity index (χ2v) is 8.39. The molecule has 0 aliphatic carbocycles. The molecule has 1 amide bonds. The van der Waals surface area contributed by atoms with Gasteiger partial charge in [0.05, 0.1) is 5.75 Å². The van der Waals surface area contributed by atoms with Gasteiger partial charge in [-0.2, -0.15) is 0 Å². The van der Waals surface area contributed by atoms with E-state index in [0.717, 1.165) is 22.1 Å². The van der Waals surface area contributed by atoms with Gasteiger partial charge >= 0.3 is 0 Å². The van der Waals surface area contributed by atoms with Gasteiger partial charge in [-0.15, -0.1) is 0 Å². The summed E-state index contributed by atoms with van der Waals surface area (Å²) >= 11 is 1.47. The highest BCUT2D eigenvalue weighted by atomic mass is 32.2. The van der Waals surface area contributed by atoms with Gasteiger partial charge in [0.2, 0.25) is 5.91 Å². The maximum absolute atomic E-state index is 12.6. The lowest BCUT2D eigenvalue weighted by Crippen LogP contribution is -2.27. The Bertz CT molecular complexity index is 979. The summed E-state index contributed by atoms with van der Waals surface area (Å²) in [4.78, 5) is 20.9. The van der Waals surface area contributed by atoms with E-state index in [2.05, 4.69) is 66.2 Å². The van der Waals surface area contributed by atoms with Crippen molar-refractivity contribution in [3.63, 3.8) is 0 Å². The molecular weight excluding hydrogens is 380 g/mol. The molecule has 0 bridgehead atoms. The molecule has 3 aromatic rings. The number of hydrogen-bond donors (Lipinski definition) is 0. The van der Waals surface area contributed by atoms with Crippen molar-refractivity contribution in [2.45, 2.75) is 25.5 Å². The van der Waals surface area contributed by atoms with E-state index in [4.69, 9.17) is 0 Å². The molecule has 0 radical (unpaired) electrons. The molecule has 0 saturated heterocycles. The van der Waals surface area contributed by atoms with Gasteiger partial charge in [0.25, 0.3) is 0 Å². The Morgan fingerprint density at radius 2 is 1.76 bits per heavy atom. The molecule has 6 heteroatoms. The van der Waals surface area contributed by atoms with Crippen molar-refractivity contribution in [2.75, 3.05) is 31.8 Å². The molecule has 0 atom stereocenters. The summed E-state index contributed by atoms with van der Waals surface area (Å²) in [6.07, 6.45) is 3.71. The topological polar surface area (TPSA) is 41.4 Å². The largest absolute Gasteiger partial charge is 0.378 e. The van der Waals surface area contributed by atoms with Gasteiger partial charge in [0, 0.05) is 51.5 Å². The maximum Gasteiger partial charge on any atom is 0.233 e. The third-order valence-electron chi connectivity index (χ3n) is 5.00. The number of amides is 1. The summed E-state index contributed by atoms with van der Waals surface area (Å²) in [6.45, 7) is 4.80. The van der Waals surface area contributed by atoms with Crippen LogP contribution >= 0.6 is 11.8 Å². The van der Waals surface area contributed by atoms with Crippen molar-refractivity contribution in [3.8, 4) is 5.69 Å². The summed E-state index contributed by atoms with van der Waals surface area (Å²) in [5.41, 5.74) is 5.83. The zero-order valence-electron chi connectivity index (χ0n) is 17.7. The minimum Gasteiger partial charge on any atom is -0.378 e. The van der Waals surface area contributed by atoms with E-state index in [1.54, 1.807) is 11.1 Å². The SMILES string of the molecule is Cc1ccc(-n2ccnc2SCC(=O)N(C)Cc2ccc(N(C)C)cc2)cc1C. The van der Waals surface area contributed by atoms with E-state index in [1.807, 2.05) is 31.9 Å². The summed E-state index contributed by atoms with van der Waals surface area (Å²) in [5, 5.41) is 0.824. The molecule has 152 valence electrons. The van der Waals surface area contributed by atoms with Crippen LogP contribution in [0.3, 0.4) is 0 Å². The molecule has 5 nitrogen and oxygen atoms in total. The van der Waals surface area contributed by atoms with Crippen LogP contribution in [0, 0.1) is 13.8 Å². The van der Waals surface area contributed by atoms with Crippen LogP contribution in [0.2, 0.25) is 0 Å². The molecule has 1 aromatic heterocycles. The number of aromatic nitrogens is 2. The molecule has 0 spiro atoms. The Balaban J connectivity index is 1.60. The molecule has 0 unspecified atom stereocenters. The second kappa shape index (κ2) is 9.18. The van der Waals surface area contributed by atoms with E-state index < -0.39 is 0 Å². The van der Waals surface area contributed by atoms with E-state index in [0.29, 0.717) is 12.3 Å². The number of aryl methyl sites for hydroxylation is 2. The van der Waals surface area contributed by atoms with E-state index in [1.165, 1.54) is 22.9 Å². The van der Waals surface area contributed by atoms with Crippen LogP contribution in [0.5, 0.6) is 0 Å². The van der Waals surface area contributed by atoms with E-state index >= 15 is 0 Å². The fourth-order valence-corrected chi connectivity index (χ4v) is 3.88. The lowest BCUT2D eigenvalue weighted by Gasteiger charge is -2.18. The molecule has 29 heavy (non-hydrogen) atoms. The third kappa shape index (κ3) is 5.21. The Morgan fingerprint density at radius 3 is 2.41 bits per heavy atom. The fourth-order valence-electron chi connectivity index (χ4n) is 2.97. The first kappa shape index (κ1) is 21.0. The first-order valence-electron chi connectivity index (χ1n) is 9.59. The Morgan fingerprint density at radius 1 is 1.03 bits per heavy atom. The first-order valence-corrected chi connectivity index (χ1v) is 10.6. The number of rotatable bonds is 7. The Kier molecular flexibility index (Phi) is 6.64. The maximum atomic E-state index is 12.6. The highest BCUT2D eigenvalue weighted by molar-refractivity contribution is 7.99. The van der Waals surface area contributed by atoms with Gasteiger partial charge in [0.1, 0.15) is 0 Å². The molecule has 0 aliphatic rings. The number of nitrogens with zero attached hydrogens (tertiary/aromatic N) is 4. The van der Waals surface area contributed by atoms with Gasteiger partial charge in [-0.05, 0) is 54.8 Å². The van der Waals surface area contributed by atoms with Crippen LogP contribution in [0.25, 0.3) is 5.69 Å². The number of carbonyl (C=O) groups is 1. The van der Waals surface area contributed by atoms with Crippen LogP contribution in [0.4, 0.5) is 5.69 Å². The fraction of sp³-hybridized carbons (Fsp3) is 0.304. The molecule has 0 saturated carbocycles.